The maximum Gasteiger partial charge on any atom is 0.412 e. The van der Waals surface area contributed by atoms with E-state index in [0.29, 0.717) is 27.6 Å². The van der Waals surface area contributed by atoms with Crippen LogP contribution in [0.2, 0.25) is 5.02 Å². The highest BCUT2D eigenvalue weighted by Crippen LogP contribution is 2.33. The maximum absolute atomic E-state index is 12.1. The predicted octanol–water partition coefficient (Wildman–Crippen LogP) is 4.46. The van der Waals surface area contributed by atoms with Crippen molar-refractivity contribution in [3.05, 3.63) is 53.8 Å². The lowest BCUT2D eigenvalue weighted by molar-refractivity contribution is 0.198. The average molecular weight is 465 g/mol. The fraction of sp³-hybridized carbons (Fsp3) is 0.227. The monoisotopic (exact) mass is 464 g/mol. The predicted molar refractivity (Wildman–Crippen MR) is 124 cm³/mol. The van der Waals surface area contributed by atoms with Gasteiger partial charge in [-0.1, -0.05) is 11.6 Å². The van der Waals surface area contributed by atoms with Gasteiger partial charge in [0.05, 0.1) is 11.7 Å². The first-order valence-corrected chi connectivity index (χ1v) is 10.8. The largest absolute Gasteiger partial charge is 0.412 e. The number of nitrogens with zero attached hydrogens (tertiary/aromatic N) is 5. The Bertz CT molecular complexity index is 1450. The molecule has 0 radical (unpaired) electrons. The zero-order chi connectivity index (χ0) is 23.1. The Morgan fingerprint density at radius 2 is 2.06 bits per heavy atom. The van der Waals surface area contributed by atoms with Crippen LogP contribution in [0.15, 0.2) is 43.0 Å². The van der Waals surface area contributed by atoms with Crippen LogP contribution < -0.4 is 10.1 Å². The summed E-state index contributed by atoms with van der Waals surface area (Å²) in [5.41, 5.74) is 2.94. The summed E-state index contributed by atoms with van der Waals surface area (Å²) in [6.07, 6.45) is 6.11. The Morgan fingerprint density at radius 3 is 2.82 bits per heavy atom. The third kappa shape index (κ3) is 3.89. The van der Waals surface area contributed by atoms with Gasteiger partial charge in [-0.15, -0.1) is 0 Å². The van der Waals surface area contributed by atoms with E-state index in [1.807, 2.05) is 43.7 Å². The van der Waals surface area contributed by atoms with Crippen LogP contribution in [-0.2, 0) is 0 Å². The molecule has 1 amide bonds. The molecule has 5 aromatic rings. The summed E-state index contributed by atoms with van der Waals surface area (Å²) in [6, 6.07) is 5.35. The number of benzene rings is 1. The molecular formula is C22H21ClN8O2. The molecule has 4 aromatic heterocycles. The standard InChI is InChI=1S/C22H21ClN8O2/c1-11(2)28-22(32)33-17-10-27-21-19(17)29-15(9-26-21)18-14-5-4-13(23)8-16(14)31(30-18)12(3)20-24-6-7-25-20/h4-12H,1-3H3,(H,24,25)(H,26,27)(H,28,32). The molecule has 33 heavy (non-hydrogen) atoms. The number of imidazole rings is 1. The molecule has 0 aliphatic heterocycles. The van der Waals surface area contributed by atoms with Gasteiger partial charge < -0.3 is 20.0 Å². The Balaban J connectivity index is 1.61. The third-order valence-corrected chi connectivity index (χ3v) is 5.38. The third-order valence-electron chi connectivity index (χ3n) is 5.15. The molecular weight excluding hydrogens is 444 g/mol. The van der Waals surface area contributed by atoms with Gasteiger partial charge in [0.15, 0.2) is 16.9 Å². The molecule has 10 nitrogen and oxygen atoms in total. The Morgan fingerprint density at radius 1 is 1.21 bits per heavy atom. The van der Waals surface area contributed by atoms with E-state index in [-0.39, 0.29) is 17.8 Å². The normalized spacial score (nSPS) is 12.5. The first-order valence-electron chi connectivity index (χ1n) is 10.4. The van der Waals surface area contributed by atoms with Gasteiger partial charge >= 0.3 is 6.09 Å². The minimum Gasteiger partial charge on any atom is -0.406 e. The molecule has 0 saturated carbocycles. The molecule has 5 rings (SSSR count). The van der Waals surface area contributed by atoms with Gasteiger partial charge in [-0.3, -0.25) is 4.68 Å². The Labute approximate surface area is 193 Å². The molecule has 0 aliphatic rings. The number of H-pyrrole nitrogens is 2. The van der Waals surface area contributed by atoms with E-state index in [4.69, 9.17) is 26.4 Å². The number of carbonyl (C=O) groups is 1. The van der Waals surface area contributed by atoms with Crippen LogP contribution in [0, 0.1) is 0 Å². The zero-order valence-corrected chi connectivity index (χ0v) is 18.9. The second-order valence-electron chi connectivity index (χ2n) is 7.90. The summed E-state index contributed by atoms with van der Waals surface area (Å²) in [4.78, 5) is 31.7. The number of ether oxygens (including phenoxy) is 1. The number of fused-ring (bicyclic) bond motifs is 2. The van der Waals surface area contributed by atoms with Gasteiger partial charge in [0.2, 0.25) is 0 Å². The van der Waals surface area contributed by atoms with Crippen molar-refractivity contribution < 1.29 is 9.53 Å². The second kappa shape index (κ2) is 8.21. The lowest BCUT2D eigenvalue weighted by atomic mass is 10.1. The Hall–Kier alpha value is -3.92. The number of carbonyl (C=O) groups excluding carboxylic acids is 1. The molecule has 4 heterocycles. The van der Waals surface area contributed by atoms with Crippen LogP contribution in [0.3, 0.4) is 0 Å². The SMILES string of the molecule is CC(C)NC(=O)Oc1c[nH]c2ncc(-c3nn(C(C)c4ncc[nH]4)c4cc(Cl)ccc34)nc12. The molecule has 0 bridgehead atoms. The van der Waals surface area contributed by atoms with Gasteiger partial charge in [-0.25, -0.2) is 19.7 Å². The van der Waals surface area contributed by atoms with Crippen molar-refractivity contribution in [2.45, 2.75) is 32.9 Å². The number of hydrogen-bond acceptors (Lipinski definition) is 6. The van der Waals surface area contributed by atoms with Gasteiger partial charge in [0, 0.05) is 35.0 Å². The van der Waals surface area contributed by atoms with Gasteiger partial charge in [-0.2, -0.15) is 5.10 Å². The number of amides is 1. The van der Waals surface area contributed by atoms with Crippen molar-refractivity contribution in [3.63, 3.8) is 0 Å². The van der Waals surface area contributed by atoms with E-state index in [1.165, 1.54) is 0 Å². The summed E-state index contributed by atoms with van der Waals surface area (Å²) in [7, 11) is 0. The molecule has 0 saturated heterocycles. The van der Waals surface area contributed by atoms with Crippen molar-refractivity contribution in [2.24, 2.45) is 0 Å². The van der Waals surface area contributed by atoms with Crippen LogP contribution in [0.25, 0.3) is 33.5 Å². The van der Waals surface area contributed by atoms with E-state index in [0.717, 1.165) is 16.7 Å². The van der Waals surface area contributed by atoms with E-state index in [9.17, 15) is 4.79 Å². The summed E-state index contributed by atoms with van der Waals surface area (Å²) < 4.78 is 7.28. The van der Waals surface area contributed by atoms with Crippen molar-refractivity contribution in [2.75, 3.05) is 0 Å². The number of aromatic nitrogens is 7. The number of nitrogens with one attached hydrogen (secondary N) is 3. The first kappa shape index (κ1) is 21.0. The molecule has 11 heteroatoms. The quantitative estimate of drug-likeness (QED) is 0.352. The lowest BCUT2D eigenvalue weighted by Crippen LogP contribution is -2.32. The summed E-state index contributed by atoms with van der Waals surface area (Å²) in [6.45, 7) is 5.70. The van der Waals surface area contributed by atoms with E-state index >= 15 is 0 Å². The molecule has 0 fully saturated rings. The fourth-order valence-corrected chi connectivity index (χ4v) is 3.81. The minimum absolute atomic E-state index is 0.0531. The summed E-state index contributed by atoms with van der Waals surface area (Å²) >= 11 is 6.29. The molecule has 168 valence electrons. The van der Waals surface area contributed by atoms with Gasteiger partial charge in [0.25, 0.3) is 0 Å². The number of rotatable bonds is 5. The van der Waals surface area contributed by atoms with Crippen LogP contribution in [-0.4, -0.2) is 46.8 Å². The number of aromatic amines is 2. The minimum atomic E-state index is -0.560. The van der Waals surface area contributed by atoms with Crippen molar-refractivity contribution in [1.82, 2.24) is 40.0 Å². The second-order valence-corrected chi connectivity index (χ2v) is 8.34. The summed E-state index contributed by atoms with van der Waals surface area (Å²) in [5.74, 6) is 1.05. The van der Waals surface area contributed by atoms with E-state index < -0.39 is 6.09 Å². The van der Waals surface area contributed by atoms with Crippen LogP contribution >= 0.6 is 11.6 Å². The van der Waals surface area contributed by atoms with E-state index in [2.05, 4.69) is 25.3 Å². The zero-order valence-electron chi connectivity index (χ0n) is 18.1. The highest BCUT2D eigenvalue weighted by atomic mass is 35.5. The van der Waals surface area contributed by atoms with Gasteiger partial charge in [-0.05, 0) is 39.0 Å². The van der Waals surface area contributed by atoms with Crippen molar-refractivity contribution >= 4 is 39.8 Å². The smallest absolute Gasteiger partial charge is 0.406 e. The number of halogens is 1. The van der Waals surface area contributed by atoms with Crippen molar-refractivity contribution in [3.8, 4) is 17.1 Å². The lowest BCUT2D eigenvalue weighted by Gasteiger charge is -2.10. The fourth-order valence-electron chi connectivity index (χ4n) is 3.64. The Kier molecular flexibility index (Phi) is 5.21. The topological polar surface area (TPSA) is 126 Å². The van der Waals surface area contributed by atoms with Crippen molar-refractivity contribution in [1.29, 1.82) is 0 Å². The molecule has 0 spiro atoms. The highest BCUT2D eigenvalue weighted by Gasteiger charge is 2.21. The first-order chi connectivity index (χ1) is 15.9. The van der Waals surface area contributed by atoms with E-state index in [1.54, 1.807) is 24.8 Å². The maximum atomic E-state index is 12.1. The highest BCUT2D eigenvalue weighted by molar-refractivity contribution is 6.31. The molecule has 0 aliphatic carbocycles. The van der Waals surface area contributed by atoms with Crippen LogP contribution in [0.5, 0.6) is 5.75 Å². The van der Waals surface area contributed by atoms with Crippen LogP contribution in [0.1, 0.15) is 32.6 Å². The molecule has 1 unspecified atom stereocenters. The molecule has 1 aromatic carbocycles. The average Bonchev–Trinajstić information content (AvgIpc) is 3.51. The summed E-state index contributed by atoms with van der Waals surface area (Å²) in [5, 5.41) is 8.99. The van der Waals surface area contributed by atoms with Gasteiger partial charge in [0.1, 0.15) is 23.3 Å². The van der Waals surface area contributed by atoms with Crippen LogP contribution in [0.4, 0.5) is 4.79 Å². The number of hydrogen-bond donors (Lipinski definition) is 3. The molecule has 1 atom stereocenters. The molecule has 3 N–H and O–H groups in total.